The summed E-state index contributed by atoms with van der Waals surface area (Å²) < 4.78 is 4.96. The van der Waals surface area contributed by atoms with Crippen LogP contribution in [0.2, 0.25) is 0 Å². The highest BCUT2D eigenvalue weighted by Gasteiger charge is 2.12. The van der Waals surface area contributed by atoms with Crippen molar-refractivity contribution >= 4 is 23.1 Å². The molecule has 0 aliphatic rings. The predicted molar refractivity (Wildman–Crippen MR) is 74.4 cm³/mol. The number of aromatic nitrogens is 2. The van der Waals surface area contributed by atoms with E-state index in [1.54, 1.807) is 29.7 Å². The number of ether oxygens (including phenoxy) is 1. The number of anilines is 4. The van der Waals surface area contributed by atoms with Crippen LogP contribution in [0.25, 0.3) is 0 Å². The quantitative estimate of drug-likeness (QED) is 0.714. The summed E-state index contributed by atoms with van der Waals surface area (Å²) in [7, 11) is 1.37. The molecule has 2 rings (SSSR count). The molecule has 1 aromatic heterocycles. The zero-order valence-electron chi connectivity index (χ0n) is 10.5. The number of nitrogens with one attached hydrogen (secondary N) is 2. The van der Waals surface area contributed by atoms with E-state index in [0.29, 0.717) is 11.3 Å². The lowest BCUT2D eigenvalue weighted by Crippen LogP contribution is -2.06. The number of benzene rings is 1. The molecule has 4 N–H and O–H groups in total. The summed E-state index contributed by atoms with van der Waals surface area (Å²) in [5.41, 5.74) is 8.47. The Labute approximate surface area is 114 Å². The number of rotatable bonds is 4. The van der Waals surface area contributed by atoms with E-state index in [0.717, 1.165) is 0 Å². The third kappa shape index (κ3) is 2.68. The van der Waals surface area contributed by atoms with Crippen molar-refractivity contribution in [2.75, 3.05) is 23.6 Å². The van der Waals surface area contributed by atoms with Gasteiger partial charge in [0.15, 0.2) is 5.82 Å². The molecule has 8 nitrogen and oxygen atoms in total. The first-order chi connectivity index (χ1) is 9.67. The van der Waals surface area contributed by atoms with Gasteiger partial charge in [-0.1, -0.05) is 0 Å². The monoisotopic (exact) mass is 271 g/mol. The molecule has 0 aliphatic carbocycles. The molecule has 0 bridgehead atoms. The smallest absolute Gasteiger partial charge is 0.243 e. The number of hydrogen-bond donors (Lipinski definition) is 3. The van der Waals surface area contributed by atoms with Crippen molar-refractivity contribution in [2.45, 2.75) is 0 Å². The minimum atomic E-state index is -0.0306. The van der Waals surface area contributed by atoms with Gasteiger partial charge in [-0.25, -0.2) is 0 Å². The number of hydrogen-bond acceptors (Lipinski definition) is 8. The molecule has 102 valence electrons. The summed E-state index contributed by atoms with van der Waals surface area (Å²) in [4.78, 5) is 7.73. The maximum atomic E-state index is 11.0. The molecule has 8 heteroatoms. The zero-order chi connectivity index (χ0) is 14.5. The van der Waals surface area contributed by atoms with Crippen LogP contribution in [-0.4, -0.2) is 17.1 Å². The maximum absolute atomic E-state index is 11.0. The Balaban J connectivity index is 2.36. The van der Waals surface area contributed by atoms with Gasteiger partial charge in [-0.05, 0) is 24.3 Å². The van der Waals surface area contributed by atoms with Gasteiger partial charge >= 0.3 is 0 Å². The summed E-state index contributed by atoms with van der Waals surface area (Å²) in [5.74, 6) is 0.203. The molecule has 1 heterocycles. The van der Waals surface area contributed by atoms with E-state index < -0.39 is 0 Å². The molecule has 2 aromatic rings. The Hall–Kier alpha value is -3.05. The van der Waals surface area contributed by atoms with Gasteiger partial charge in [-0.3, -0.25) is 0 Å². The molecule has 0 atom stereocenters. The number of nitrogen functional groups attached to an aromatic ring is 1. The molecule has 0 radical (unpaired) electrons. The molecule has 0 amide bonds. The third-order valence-corrected chi connectivity index (χ3v) is 2.47. The van der Waals surface area contributed by atoms with Crippen molar-refractivity contribution in [3.8, 4) is 11.9 Å². The Morgan fingerprint density at radius 2 is 2.00 bits per heavy atom. The summed E-state index contributed by atoms with van der Waals surface area (Å²) in [6, 6.07) is 8.64. The van der Waals surface area contributed by atoms with E-state index in [1.807, 2.05) is 6.07 Å². The Morgan fingerprint density at radius 1 is 1.30 bits per heavy atom. The first-order valence-corrected chi connectivity index (χ1v) is 5.54. The summed E-state index contributed by atoms with van der Waals surface area (Å²) in [5, 5.41) is 22.6. The van der Waals surface area contributed by atoms with Crippen molar-refractivity contribution in [3.63, 3.8) is 0 Å². The van der Waals surface area contributed by atoms with Gasteiger partial charge < -0.3 is 26.5 Å². The second-order valence-electron chi connectivity index (χ2n) is 3.73. The molecule has 0 unspecified atom stereocenters. The van der Waals surface area contributed by atoms with Gasteiger partial charge in [0.25, 0.3) is 0 Å². The van der Waals surface area contributed by atoms with Gasteiger partial charge in [-0.15, -0.1) is 0 Å². The second-order valence-corrected chi connectivity index (χ2v) is 3.73. The minimum Gasteiger partial charge on any atom is -0.761 e. The maximum Gasteiger partial charge on any atom is 0.243 e. The van der Waals surface area contributed by atoms with Gasteiger partial charge in [0.05, 0.1) is 18.7 Å². The molecule has 1 aromatic carbocycles. The number of nitriles is 1. The van der Waals surface area contributed by atoms with Crippen LogP contribution in [0, 0.1) is 16.5 Å². The fraction of sp³-hybridized carbons (Fsp3) is 0.0833. The number of nitrogens with zero attached hydrogens (tertiary/aromatic N) is 3. The molecule has 0 spiro atoms. The average Bonchev–Trinajstić information content (AvgIpc) is 2.47. The Bertz CT molecular complexity index is 650. The van der Waals surface area contributed by atoms with Gasteiger partial charge in [0.1, 0.15) is 5.69 Å². The van der Waals surface area contributed by atoms with E-state index in [2.05, 4.69) is 15.3 Å². The molecular formula is C12H11N6O2-. The lowest BCUT2D eigenvalue weighted by Gasteiger charge is -2.18. The lowest BCUT2D eigenvalue weighted by atomic mass is 10.2. The van der Waals surface area contributed by atoms with Crippen molar-refractivity contribution in [1.82, 2.24) is 9.97 Å². The first kappa shape index (κ1) is 13.4. The van der Waals surface area contributed by atoms with E-state index in [-0.39, 0.29) is 23.3 Å². The van der Waals surface area contributed by atoms with Crippen LogP contribution in [0.1, 0.15) is 5.56 Å². The summed E-state index contributed by atoms with van der Waals surface area (Å²) >= 11 is 0. The Kier molecular flexibility index (Phi) is 3.83. The highest BCUT2D eigenvalue weighted by atomic mass is 16.5. The van der Waals surface area contributed by atoms with Crippen LogP contribution in [0.15, 0.2) is 24.3 Å². The van der Waals surface area contributed by atoms with Crippen LogP contribution in [0.3, 0.4) is 0 Å². The van der Waals surface area contributed by atoms with E-state index in [1.165, 1.54) is 7.11 Å². The number of nitrogens with two attached hydrogens (primary N) is 1. The molecular weight excluding hydrogens is 260 g/mol. The Morgan fingerprint density at radius 3 is 2.55 bits per heavy atom. The predicted octanol–water partition coefficient (Wildman–Crippen LogP) is 1.59. The fourth-order valence-electron chi connectivity index (χ4n) is 1.55. The summed E-state index contributed by atoms with van der Waals surface area (Å²) in [6.07, 6.45) is 0. The average molecular weight is 271 g/mol. The molecule has 0 aliphatic heterocycles. The van der Waals surface area contributed by atoms with Crippen molar-refractivity contribution in [3.05, 3.63) is 35.0 Å². The normalized spacial score (nSPS) is 9.65. The standard InChI is InChI=1S/C12H11N6O2/c1-20-11-9(18-19)10(16-12(14)17-11)15-8-4-2-7(6-13)3-5-8/h2-5,18H,1H3,(H3,14,15,16,17)/q-1. The van der Waals surface area contributed by atoms with Crippen LogP contribution >= 0.6 is 0 Å². The van der Waals surface area contributed by atoms with Crippen LogP contribution < -0.4 is 21.3 Å². The van der Waals surface area contributed by atoms with E-state index >= 15 is 0 Å². The highest BCUT2D eigenvalue weighted by Crippen LogP contribution is 2.31. The van der Waals surface area contributed by atoms with Gasteiger partial charge in [0, 0.05) is 5.69 Å². The van der Waals surface area contributed by atoms with Crippen molar-refractivity contribution in [2.24, 2.45) is 0 Å². The molecule has 0 saturated heterocycles. The van der Waals surface area contributed by atoms with Crippen LogP contribution in [0.5, 0.6) is 5.88 Å². The van der Waals surface area contributed by atoms with Crippen LogP contribution in [0.4, 0.5) is 23.1 Å². The molecule has 20 heavy (non-hydrogen) atoms. The summed E-state index contributed by atoms with van der Waals surface area (Å²) in [6.45, 7) is 0. The topological polar surface area (TPSA) is 132 Å². The molecule has 0 fully saturated rings. The van der Waals surface area contributed by atoms with Gasteiger partial charge in [-0.2, -0.15) is 15.2 Å². The van der Waals surface area contributed by atoms with Crippen LogP contribution in [-0.2, 0) is 0 Å². The van der Waals surface area contributed by atoms with E-state index in [4.69, 9.17) is 15.7 Å². The SMILES string of the molecule is COc1nc(N)nc(Nc2ccc(C#N)cc2)c1N[O-]. The third-order valence-electron chi connectivity index (χ3n) is 2.47. The largest absolute Gasteiger partial charge is 0.761 e. The van der Waals surface area contributed by atoms with Crippen molar-refractivity contribution < 1.29 is 4.74 Å². The van der Waals surface area contributed by atoms with Gasteiger partial charge in [0.2, 0.25) is 11.8 Å². The second kappa shape index (κ2) is 5.73. The number of methoxy groups -OCH3 is 1. The zero-order valence-corrected chi connectivity index (χ0v) is 10.5. The first-order valence-electron chi connectivity index (χ1n) is 5.54. The molecule has 0 saturated carbocycles. The van der Waals surface area contributed by atoms with E-state index in [9.17, 15) is 5.21 Å². The lowest BCUT2D eigenvalue weighted by molar-refractivity contribution is 0.400. The van der Waals surface area contributed by atoms with Crippen molar-refractivity contribution in [1.29, 1.82) is 5.26 Å². The highest BCUT2D eigenvalue weighted by molar-refractivity contribution is 5.76. The minimum absolute atomic E-state index is 0.0306. The fourth-order valence-corrected chi connectivity index (χ4v) is 1.55.